The Hall–Kier alpha value is -4.26. The summed E-state index contributed by atoms with van der Waals surface area (Å²) in [6.07, 6.45) is 0. The zero-order chi connectivity index (χ0) is 26.8. The van der Waals surface area contributed by atoms with Gasteiger partial charge < -0.3 is 16.0 Å². The molecule has 3 amide bonds. The van der Waals surface area contributed by atoms with Gasteiger partial charge in [-0.25, -0.2) is 13.6 Å². The number of fused-ring (bicyclic) bond motifs is 1. The molecule has 0 saturated carbocycles. The Bertz CT molecular complexity index is 1230. The minimum atomic E-state index is -0.842. The fourth-order valence-corrected chi connectivity index (χ4v) is 3.70. The Labute approximate surface area is 209 Å². The molecule has 8 nitrogen and oxygen atoms in total. The lowest BCUT2D eigenvalue weighted by Crippen LogP contribution is -2.44. The third kappa shape index (κ3) is 6.05. The number of nitriles is 1. The molecule has 4 rings (SSSR count). The van der Waals surface area contributed by atoms with E-state index < -0.39 is 30.5 Å². The smallest absolute Gasteiger partial charge is 0.322 e. The Morgan fingerprint density at radius 1 is 1.17 bits per heavy atom. The summed E-state index contributed by atoms with van der Waals surface area (Å²) >= 11 is 0. The van der Waals surface area contributed by atoms with Gasteiger partial charge in [0.25, 0.3) is 5.91 Å². The van der Waals surface area contributed by atoms with Gasteiger partial charge in [-0.3, -0.25) is 9.48 Å². The van der Waals surface area contributed by atoms with E-state index in [-0.39, 0.29) is 30.0 Å². The number of nitrogens with two attached hydrogens (primary N) is 1. The predicted molar refractivity (Wildman–Crippen MR) is 134 cm³/mol. The molecule has 0 bridgehead atoms. The third-order valence-corrected chi connectivity index (χ3v) is 5.20. The number of benzene rings is 2. The number of hydrogen-bond donors (Lipinski definition) is 2. The van der Waals surface area contributed by atoms with Gasteiger partial charge in [-0.2, -0.15) is 10.4 Å². The normalized spacial score (nSPS) is 13.7. The standard InChI is InChI=1S/C22H18F2N6O2.2C2H6/c23-9-17-11-29(22(32)27-16-6-4-13(10-25)5-7-16)12-18-19(21(26)31)20(28-30(17)18)14-2-1-3-15(24)8-14;2*1-2/h1-8,17H,9,11-12H2,(H2,26,31)(H,27,32);2*1-2H3. The molecule has 0 aliphatic carbocycles. The molecule has 1 unspecified atom stereocenters. The first kappa shape index (κ1) is 28.0. The van der Waals surface area contributed by atoms with Crippen molar-refractivity contribution < 1.29 is 18.4 Å². The molecule has 1 atom stereocenters. The number of urea groups is 1. The van der Waals surface area contributed by atoms with Crippen molar-refractivity contribution in [3.63, 3.8) is 0 Å². The molecule has 36 heavy (non-hydrogen) atoms. The number of rotatable bonds is 4. The third-order valence-electron chi connectivity index (χ3n) is 5.20. The first-order chi connectivity index (χ1) is 17.4. The van der Waals surface area contributed by atoms with Crippen LogP contribution < -0.4 is 11.1 Å². The number of aromatic nitrogens is 2. The van der Waals surface area contributed by atoms with Gasteiger partial charge in [0.05, 0.1) is 35.5 Å². The van der Waals surface area contributed by atoms with Crippen LogP contribution in [0.3, 0.4) is 0 Å². The van der Waals surface area contributed by atoms with E-state index in [1.54, 1.807) is 30.3 Å². The second kappa shape index (κ2) is 13.0. The Kier molecular flexibility index (Phi) is 10.1. The minimum Gasteiger partial charge on any atom is -0.365 e. The molecule has 1 aliphatic heterocycles. The maximum absolute atomic E-state index is 13.9. The van der Waals surface area contributed by atoms with Crippen molar-refractivity contribution >= 4 is 17.6 Å². The van der Waals surface area contributed by atoms with E-state index in [0.29, 0.717) is 16.8 Å². The number of halogens is 2. The zero-order valence-corrected chi connectivity index (χ0v) is 20.8. The molecule has 10 heteroatoms. The number of primary amides is 1. The Morgan fingerprint density at radius 2 is 1.83 bits per heavy atom. The van der Waals surface area contributed by atoms with Gasteiger partial charge >= 0.3 is 6.03 Å². The van der Waals surface area contributed by atoms with Crippen LogP contribution in [0.15, 0.2) is 48.5 Å². The van der Waals surface area contributed by atoms with Crippen LogP contribution in [-0.2, 0) is 6.54 Å². The molecule has 3 aromatic rings. The van der Waals surface area contributed by atoms with Crippen LogP contribution in [-0.4, -0.2) is 39.8 Å². The highest BCUT2D eigenvalue weighted by Gasteiger charge is 2.34. The molecular formula is C26H30F2N6O2. The topological polar surface area (TPSA) is 117 Å². The molecule has 1 aliphatic rings. The van der Waals surface area contributed by atoms with E-state index >= 15 is 0 Å². The van der Waals surface area contributed by atoms with Gasteiger partial charge in [-0.1, -0.05) is 39.8 Å². The van der Waals surface area contributed by atoms with E-state index in [1.807, 2.05) is 33.8 Å². The largest absolute Gasteiger partial charge is 0.365 e. The fraction of sp³-hybridized carbons (Fsp3) is 0.308. The molecule has 0 fully saturated rings. The Morgan fingerprint density at radius 3 is 2.39 bits per heavy atom. The quantitative estimate of drug-likeness (QED) is 0.512. The molecule has 190 valence electrons. The number of anilines is 1. The molecule has 1 aromatic heterocycles. The highest BCUT2D eigenvalue weighted by Crippen LogP contribution is 2.32. The summed E-state index contributed by atoms with van der Waals surface area (Å²) in [5, 5.41) is 15.9. The monoisotopic (exact) mass is 496 g/mol. The second-order valence-corrected chi connectivity index (χ2v) is 7.30. The maximum Gasteiger partial charge on any atom is 0.322 e. The molecule has 0 spiro atoms. The lowest BCUT2D eigenvalue weighted by Gasteiger charge is -2.33. The summed E-state index contributed by atoms with van der Waals surface area (Å²) in [6, 6.07) is 12.4. The lowest BCUT2D eigenvalue weighted by molar-refractivity contribution is 0.0995. The van der Waals surface area contributed by atoms with Gasteiger partial charge in [0.15, 0.2) is 0 Å². The van der Waals surface area contributed by atoms with E-state index in [4.69, 9.17) is 11.0 Å². The van der Waals surface area contributed by atoms with Gasteiger partial charge in [0, 0.05) is 17.8 Å². The number of nitrogens with one attached hydrogen (secondary N) is 1. The van der Waals surface area contributed by atoms with Crippen molar-refractivity contribution in [1.82, 2.24) is 14.7 Å². The fourth-order valence-electron chi connectivity index (χ4n) is 3.70. The summed E-state index contributed by atoms with van der Waals surface area (Å²) in [4.78, 5) is 26.4. The molecule has 0 saturated heterocycles. The van der Waals surface area contributed by atoms with Crippen molar-refractivity contribution in [2.75, 3.05) is 18.5 Å². The van der Waals surface area contributed by atoms with E-state index in [2.05, 4.69) is 10.4 Å². The highest BCUT2D eigenvalue weighted by atomic mass is 19.1. The van der Waals surface area contributed by atoms with Crippen molar-refractivity contribution in [3.05, 3.63) is 71.2 Å². The molecule has 0 radical (unpaired) electrons. The first-order valence-electron chi connectivity index (χ1n) is 11.7. The SMILES string of the molecule is CC.CC.N#Cc1ccc(NC(=O)N2Cc3c(C(N)=O)c(-c4cccc(F)c4)nn3C(CF)C2)cc1. The summed E-state index contributed by atoms with van der Waals surface area (Å²) < 4.78 is 29.0. The van der Waals surface area contributed by atoms with Crippen molar-refractivity contribution in [1.29, 1.82) is 5.26 Å². The van der Waals surface area contributed by atoms with Crippen LogP contribution in [0, 0.1) is 17.1 Å². The van der Waals surface area contributed by atoms with Gasteiger partial charge in [0.2, 0.25) is 0 Å². The van der Waals surface area contributed by atoms with Gasteiger partial charge in [-0.15, -0.1) is 0 Å². The molecule has 2 heterocycles. The number of carbonyl (C=O) groups is 2. The zero-order valence-electron chi connectivity index (χ0n) is 20.8. The average molecular weight is 497 g/mol. The lowest BCUT2D eigenvalue weighted by atomic mass is 10.0. The van der Waals surface area contributed by atoms with Gasteiger partial charge in [0.1, 0.15) is 18.2 Å². The number of carbonyl (C=O) groups excluding carboxylic acids is 2. The second-order valence-electron chi connectivity index (χ2n) is 7.30. The predicted octanol–water partition coefficient (Wildman–Crippen LogP) is 5.27. The number of nitrogens with zero attached hydrogens (tertiary/aromatic N) is 4. The number of amides is 3. The molecular weight excluding hydrogens is 466 g/mol. The molecule has 3 N–H and O–H groups in total. The first-order valence-corrected chi connectivity index (χ1v) is 11.7. The van der Waals surface area contributed by atoms with Crippen LogP contribution >= 0.6 is 0 Å². The summed E-state index contributed by atoms with van der Waals surface area (Å²) in [6.45, 7) is 7.13. The summed E-state index contributed by atoms with van der Waals surface area (Å²) in [5.74, 6) is -1.33. The Balaban J connectivity index is 0.00000109. The van der Waals surface area contributed by atoms with Crippen LogP contribution in [0.1, 0.15) is 55.4 Å². The number of alkyl halides is 1. The van der Waals surface area contributed by atoms with Gasteiger partial charge in [-0.05, 0) is 36.4 Å². The number of hydrogen-bond acceptors (Lipinski definition) is 4. The van der Waals surface area contributed by atoms with Crippen LogP contribution in [0.2, 0.25) is 0 Å². The van der Waals surface area contributed by atoms with Crippen LogP contribution in [0.25, 0.3) is 11.3 Å². The van der Waals surface area contributed by atoms with Crippen molar-refractivity contribution in [2.24, 2.45) is 5.73 Å². The molecule has 2 aromatic carbocycles. The average Bonchev–Trinajstić information content (AvgIpc) is 3.31. The van der Waals surface area contributed by atoms with Crippen molar-refractivity contribution in [3.8, 4) is 17.3 Å². The van der Waals surface area contributed by atoms with E-state index in [9.17, 15) is 18.4 Å². The minimum absolute atomic E-state index is 0.00802. The summed E-state index contributed by atoms with van der Waals surface area (Å²) in [5.41, 5.74) is 7.26. The van der Waals surface area contributed by atoms with E-state index in [0.717, 1.165) is 0 Å². The van der Waals surface area contributed by atoms with Crippen LogP contribution in [0.4, 0.5) is 19.3 Å². The summed E-state index contributed by atoms with van der Waals surface area (Å²) in [7, 11) is 0. The van der Waals surface area contributed by atoms with Crippen molar-refractivity contribution in [2.45, 2.75) is 40.3 Å². The van der Waals surface area contributed by atoms with E-state index in [1.165, 1.54) is 27.8 Å². The highest BCUT2D eigenvalue weighted by molar-refractivity contribution is 6.00. The van der Waals surface area contributed by atoms with Crippen LogP contribution in [0.5, 0.6) is 0 Å². The maximum atomic E-state index is 13.9.